The highest BCUT2D eigenvalue weighted by Gasteiger charge is 2.32. The average Bonchev–Trinajstić information content (AvgIpc) is 2.82. The Kier molecular flexibility index (Phi) is 4.04. The van der Waals surface area contributed by atoms with E-state index >= 15 is 0 Å². The fraction of sp³-hybridized carbons (Fsp3) is 0.462. The Morgan fingerprint density at radius 3 is 2.83 bits per heavy atom. The summed E-state index contributed by atoms with van der Waals surface area (Å²) in [6, 6.07) is 3.54. The molecular weight excluding hydrogens is 240 g/mol. The van der Waals surface area contributed by atoms with Crippen LogP contribution in [-0.4, -0.2) is 32.1 Å². The lowest BCUT2D eigenvalue weighted by atomic mass is 9.94. The molecule has 0 spiro atoms. The van der Waals surface area contributed by atoms with Gasteiger partial charge in [0.2, 0.25) is 0 Å². The zero-order valence-electron chi connectivity index (χ0n) is 10.1. The molecule has 0 amide bonds. The van der Waals surface area contributed by atoms with E-state index in [1.165, 1.54) is 6.07 Å². The number of rotatable bonds is 4. The number of hydrogen-bond donors (Lipinski definition) is 1. The molecule has 5 heteroatoms. The topological polar surface area (TPSA) is 38.3 Å². The van der Waals surface area contributed by atoms with Crippen LogP contribution in [0.4, 0.5) is 8.78 Å². The number of likely N-dealkylation sites (N-methyl/N-ethyl adjacent to an activating group) is 1. The van der Waals surface area contributed by atoms with Gasteiger partial charge in [-0.05, 0) is 24.7 Å². The monoisotopic (exact) mass is 255 g/mol. The van der Waals surface area contributed by atoms with Gasteiger partial charge >= 0.3 is 0 Å². The summed E-state index contributed by atoms with van der Waals surface area (Å²) in [7, 11) is 1.77. The van der Waals surface area contributed by atoms with Crippen LogP contribution in [0.2, 0.25) is 0 Å². The quantitative estimate of drug-likeness (QED) is 0.881. The average molecular weight is 255 g/mol. The molecule has 0 saturated carbocycles. The number of ether oxygens (including phenoxy) is 1. The zero-order valence-corrected chi connectivity index (χ0v) is 10.1. The Labute approximate surface area is 104 Å². The Morgan fingerprint density at radius 1 is 1.39 bits per heavy atom. The van der Waals surface area contributed by atoms with Gasteiger partial charge in [0.05, 0.1) is 19.1 Å². The van der Waals surface area contributed by atoms with Crippen LogP contribution in [0.25, 0.3) is 0 Å². The first kappa shape index (κ1) is 13.1. The van der Waals surface area contributed by atoms with Gasteiger partial charge in [-0.25, -0.2) is 8.78 Å². The van der Waals surface area contributed by atoms with Crippen molar-refractivity contribution < 1.29 is 18.3 Å². The van der Waals surface area contributed by atoms with Crippen molar-refractivity contribution in [2.75, 3.05) is 20.3 Å². The Bertz CT molecular complexity index is 451. The minimum Gasteiger partial charge on any atom is -0.379 e. The first-order valence-electron chi connectivity index (χ1n) is 5.83. The van der Waals surface area contributed by atoms with Gasteiger partial charge in [-0.2, -0.15) is 0 Å². The van der Waals surface area contributed by atoms with E-state index in [0.717, 1.165) is 12.1 Å². The first-order chi connectivity index (χ1) is 8.61. The SMILES string of the molecule is CNC1COCC1C(=O)Cc1ccc(F)c(F)c1. The van der Waals surface area contributed by atoms with Crippen molar-refractivity contribution >= 4 is 5.78 Å². The van der Waals surface area contributed by atoms with Gasteiger partial charge < -0.3 is 10.1 Å². The van der Waals surface area contributed by atoms with E-state index in [-0.39, 0.29) is 24.2 Å². The number of ketones is 1. The lowest BCUT2D eigenvalue weighted by Gasteiger charge is -2.15. The maximum atomic E-state index is 13.0. The molecule has 0 aliphatic carbocycles. The number of hydrogen-bond acceptors (Lipinski definition) is 3. The smallest absolute Gasteiger partial charge is 0.159 e. The van der Waals surface area contributed by atoms with Gasteiger partial charge in [-0.15, -0.1) is 0 Å². The summed E-state index contributed by atoms with van der Waals surface area (Å²) in [5.41, 5.74) is 0.487. The Morgan fingerprint density at radius 2 is 2.17 bits per heavy atom. The van der Waals surface area contributed by atoms with Gasteiger partial charge in [0.1, 0.15) is 5.78 Å². The molecular formula is C13H15F2NO2. The fourth-order valence-electron chi connectivity index (χ4n) is 2.14. The number of carbonyl (C=O) groups excluding carboxylic acids is 1. The molecule has 1 N–H and O–H groups in total. The Balaban J connectivity index is 2.04. The molecule has 0 bridgehead atoms. The molecule has 2 rings (SSSR count). The van der Waals surface area contributed by atoms with Crippen molar-refractivity contribution in [1.29, 1.82) is 0 Å². The maximum absolute atomic E-state index is 13.0. The summed E-state index contributed by atoms with van der Waals surface area (Å²) in [6.45, 7) is 0.888. The molecule has 0 aromatic heterocycles. The van der Waals surface area contributed by atoms with E-state index in [0.29, 0.717) is 18.8 Å². The van der Waals surface area contributed by atoms with E-state index in [1.54, 1.807) is 7.05 Å². The molecule has 1 heterocycles. The molecule has 18 heavy (non-hydrogen) atoms. The fourth-order valence-corrected chi connectivity index (χ4v) is 2.14. The number of nitrogens with one attached hydrogen (secondary N) is 1. The second-order valence-corrected chi connectivity index (χ2v) is 4.43. The molecule has 1 aliphatic heterocycles. The molecule has 98 valence electrons. The van der Waals surface area contributed by atoms with Crippen LogP contribution in [0.3, 0.4) is 0 Å². The van der Waals surface area contributed by atoms with Crippen molar-refractivity contribution in [2.24, 2.45) is 5.92 Å². The van der Waals surface area contributed by atoms with Crippen LogP contribution in [-0.2, 0) is 16.0 Å². The number of halogens is 2. The van der Waals surface area contributed by atoms with Crippen molar-refractivity contribution in [3.8, 4) is 0 Å². The molecule has 3 nitrogen and oxygen atoms in total. The van der Waals surface area contributed by atoms with Crippen molar-refractivity contribution in [2.45, 2.75) is 12.5 Å². The molecule has 1 fully saturated rings. The van der Waals surface area contributed by atoms with Crippen molar-refractivity contribution in [3.63, 3.8) is 0 Å². The Hall–Kier alpha value is -1.33. The molecule has 1 saturated heterocycles. The van der Waals surface area contributed by atoms with Crippen LogP contribution in [0.5, 0.6) is 0 Å². The molecule has 1 aliphatic rings. The number of Topliss-reactive ketones (excluding diaryl/α,β-unsaturated/α-hetero) is 1. The van der Waals surface area contributed by atoms with Crippen LogP contribution in [0, 0.1) is 17.6 Å². The first-order valence-corrected chi connectivity index (χ1v) is 5.83. The predicted molar refractivity (Wildman–Crippen MR) is 62.2 cm³/mol. The van der Waals surface area contributed by atoms with Gasteiger partial charge in [-0.1, -0.05) is 6.07 Å². The summed E-state index contributed by atoms with van der Waals surface area (Å²) < 4.78 is 31.0. The highest BCUT2D eigenvalue weighted by atomic mass is 19.2. The largest absolute Gasteiger partial charge is 0.379 e. The molecule has 1 aromatic rings. The highest BCUT2D eigenvalue weighted by Crippen LogP contribution is 2.18. The summed E-state index contributed by atoms with van der Waals surface area (Å²) in [6.07, 6.45) is 0.101. The standard InChI is InChI=1S/C13H15F2NO2/c1-16-12-7-18-6-9(12)13(17)5-8-2-3-10(14)11(15)4-8/h2-4,9,12,16H,5-7H2,1H3. The van der Waals surface area contributed by atoms with E-state index in [1.807, 2.05) is 0 Å². The lowest BCUT2D eigenvalue weighted by Crippen LogP contribution is -2.37. The third-order valence-electron chi connectivity index (χ3n) is 3.23. The summed E-state index contributed by atoms with van der Waals surface area (Å²) in [4.78, 5) is 12.0. The van der Waals surface area contributed by atoms with Crippen molar-refractivity contribution in [3.05, 3.63) is 35.4 Å². The summed E-state index contributed by atoms with van der Waals surface area (Å²) in [5, 5.41) is 3.02. The molecule has 1 aromatic carbocycles. The van der Waals surface area contributed by atoms with E-state index in [9.17, 15) is 13.6 Å². The van der Waals surface area contributed by atoms with E-state index < -0.39 is 11.6 Å². The molecule has 2 atom stereocenters. The zero-order chi connectivity index (χ0) is 13.1. The third kappa shape index (κ3) is 2.73. The van der Waals surface area contributed by atoms with Crippen molar-refractivity contribution in [1.82, 2.24) is 5.32 Å². The van der Waals surface area contributed by atoms with Crippen LogP contribution >= 0.6 is 0 Å². The highest BCUT2D eigenvalue weighted by molar-refractivity contribution is 5.84. The number of carbonyl (C=O) groups is 1. The van der Waals surface area contributed by atoms with Crippen LogP contribution < -0.4 is 5.32 Å². The normalized spacial score (nSPS) is 23.3. The van der Waals surface area contributed by atoms with E-state index in [4.69, 9.17) is 4.74 Å². The van der Waals surface area contributed by atoms with Gasteiger partial charge in [0, 0.05) is 12.5 Å². The second kappa shape index (κ2) is 5.54. The van der Waals surface area contributed by atoms with Gasteiger partial charge in [-0.3, -0.25) is 4.79 Å². The van der Waals surface area contributed by atoms with Gasteiger partial charge in [0.25, 0.3) is 0 Å². The van der Waals surface area contributed by atoms with E-state index in [2.05, 4.69) is 5.32 Å². The summed E-state index contributed by atoms with van der Waals surface area (Å²) >= 11 is 0. The minimum atomic E-state index is -0.923. The lowest BCUT2D eigenvalue weighted by molar-refractivity contribution is -0.122. The van der Waals surface area contributed by atoms with Crippen LogP contribution in [0.15, 0.2) is 18.2 Å². The maximum Gasteiger partial charge on any atom is 0.159 e. The number of benzene rings is 1. The second-order valence-electron chi connectivity index (χ2n) is 4.43. The van der Waals surface area contributed by atoms with Gasteiger partial charge in [0.15, 0.2) is 11.6 Å². The third-order valence-corrected chi connectivity index (χ3v) is 3.23. The van der Waals surface area contributed by atoms with Crippen LogP contribution in [0.1, 0.15) is 5.56 Å². The summed E-state index contributed by atoms with van der Waals surface area (Å²) in [5.74, 6) is -2.06. The molecule has 2 unspecified atom stereocenters. The minimum absolute atomic E-state index is 0.00259. The predicted octanol–water partition coefficient (Wildman–Crippen LogP) is 1.31. The molecule has 0 radical (unpaired) electrons.